The van der Waals surface area contributed by atoms with Crippen molar-refractivity contribution in [2.45, 2.75) is 0 Å². The minimum atomic E-state index is -0.115. The molecule has 78 valence electrons. The lowest BCUT2D eigenvalue weighted by Crippen LogP contribution is -2.29. The molecule has 0 aromatic carbocycles. The Bertz CT molecular complexity index is 477. The Morgan fingerprint density at radius 2 is 2.40 bits per heavy atom. The van der Waals surface area contributed by atoms with E-state index >= 15 is 0 Å². The lowest BCUT2D eigenvalue weighted by atomic mass is 10.2. The molecular weight excluding hydrogens is 192 g/mol. The van der Waals surface area contributed by atoms with Gasteiger partial charge in [-0.3, -0.25) is 4.79 Å². The summed E-state index contributed by atoms with van der Waals surface area (Å²) >= 11 is 0. The Morgan fingerprint density at radius 3 is 3.20 bits per heavy atom. The molecule has 2 aromatic heterocycles. The third kappa shape index (κ3) is 1.97. The number of nitrogens with two attached hydrogens (primary N) is 1. The average Bonchev–Trinajstić information content (AvgIpc) is 2.72. The number of imidazole rings is 1. The van der Waals surface area contributed by atoms with Crippen molar-refractivity contribution in [3.05, 3.63) is 36.3 Å². The molecule has 0 saturated carbocycles. The molecule has 1 amide bonds. The standard InChI is InChI=1S/C10H12N4O/c11-3-4-13-10(15)8-1-2-9-12-5-6-14(9)7-8/h1-2,5-7H,3-4,11H2,(H,13,15). The summed E-state index contributed by atoms with van der Waals surface area (Å²) in [4.78, 5) is 15.7. The van der Waals surface area contributed by atoms with Crippen LogP contribution in [0.25, 0.3) is 5.65 Å². The van der Waals surface area contributed by atoms with E-state index in [1.54, 1.807) is 35.1 Å². The summed E-state index contributed by atoms with van der Waals surface area (Å²) in [6.07, 6.45) is 5.24. The molecule has 0 fully saturated rings. The smallest absolute Gasteiger partial charge is 0.252 e. The van der Waals surface area contributed by atoms with Crippen molar-refractivity contribution in [1.82, 2.24) is 14.7 Å². The second-order valence-electron chi connectivity index (χ2n) is 3.16. The number of amides is 1. The Kier molecular flexibility index (Phi) is 2.64. The van der Waals surface area contributed by atoms with Crippen LogP contribution < -0.4 is 11.1 Å². The number of nitrogens with zero attached hydrogens (tertiary/aromatic N) is 2. The second-order valence-corrected chi connectivity index (χ2v) is 3.16. The number of nitrogens with one attached hydrogen (secondary N) is 1. The molecule has 0 unspecified atom stereocenters. The first-order chi connectivity index (χ1) is 7.31. The molecule has 5 heteroatoms. The minimum absolute atomic E-state index is 0.115. The molecule has 15 heavy (non-hydrogen) atoms. The molecule has 2 aromatic rings. The van der Waals surface area contributed by atoms with Crippen molar-refractivity contribution in [2.24, 2.45) is 5.73 Å². The minimum Gasteiger partial charge on any atom is -0.351 e. The van der Waals surface area contributed by atoms with Crippen LogP contribution in [0.1, 0.15) is 10.4 Å². The van der Waals surface area contributed by atoms with Crippen molar-refractivity contribution in [2.75, 3.05) is 13.1 Å². The molecule has 0 bridgehead atoms. The first kappa shape index (κ1) is 9.67. The molecule has 0 aliphatic rings. The maximum atomic E-state index is 11.6. The molecular formula is C10H12N4O. The van der Waals surface area contributed by atoms with Gasteiger partial charge >= 0.3 is 0 Å². The molecule has 3 N–H and O–H groups in total. The second kappa shape index (κ2) is 4.10. The summed E-state index contributed by atoms with van der Waals surface area (Å²) < 4.78 is 1.80. The van der Waals surface area contributed by atoms with Gasteiger partial charge in [0.1, 0.15) is 5.65 Å². The quantitative estimate of drug-likeness (QED) is 0.740. The fourth-order valence-electron chi connectivity index (χ4n) is 1.34. The van der Waals surface area contributed by atoms with Crippen molar-refractivity contribution in [3.63, 3.8) is 0 Å². The maximum Gasteiger partial charge on any atom is 0.252 e. The Hall–Kier alpha value is -1.88. The number of hydrogen-bond donors (Lipinski definition) is 2. The normalized spacial score (nSPS) is 10.5. The maximum absolute atomic E-state index is 11.6. The fraction of sp³-hybridized carbons (Fsp3) is 0.200. The number of carbonyl (C=O) groups is 1. The third-order valence-corrected chi connectivity index (χ3v) is 2.08. The summed E-state index contributed by atoms with van der Waals surface area (Å²) in [7, 11) is 0. The highest BCUT2D eigenvalue weighted by Gasteiger charge is 2.05. The van der Waals surface area contributed by atoms with Crippen molar-refractivity contribution in [3.8, 4) is 0 Å². The molecule has 5 nitrogen and oxygen atoms in total. The van der Waals surface area contributed by atoms with Gasteiger partial charge in [0.05, 0.1) is 5.56 Å². The summed E-state index contributed by atoms with van der Waals surface area (Å²) in [5, 5.41) is 2.71. The lowest BCUT2D eigenvalue weighted by molar-refractivity contribution is 0.0954. The summed E-state index contributed by atoms with van der Waals surface area (Å²) in [6, 6.07) is 3.55. The van der Waals surface area contributed by atoms with Crippen LogP contribution in [0.2, 0.25) is 0 Å². The Morgan fingerprint density at radius 1 is 1.53 bits per heavy atom. The van der Waals surface area contributed by atoms with E-state index in [-0.39, 0.29) is 5.91 Å². The molecule has 0 saturated heterocycles. The van der Waals surface area contributed by atoms with E-state index in [1.165, 1.54) is 0 Å². The highest BCUT2D eigenvalue weighted by Crippen LogP contribution is 2.04. The van der Waals surface area contributed by atoms with Gasteiger partial charge < -0.3 is 15.5 Å². The van der Waals surface area contributed by atoms with Gasteiger partial charge in [-0.05, 0) is 12.1 Å². The summed E-state index contributed by atoms with van der Waals surface area (Å²) in [6.45, 7) is 0.930. The largest absolute Gasteiger partial charge is 0.351 e. The van der Waals surface area contributed by atoms with Crippen LogP contribution in [-0.4, -0.2) is 28.4 Å². The predicted molar refractivity (Wildman–Crippen MR) is 56.6 cm³/mol. The van der Waals surface area contributed by atoms with E-state index in [9.17, 15) is 4.79 Å². The highest BCUT2D eigenvalue weighted by atomic mass is 16.1. The molecule has 0 aliphatic carbocycles. The fourth-order valence-corrected chi connectivity index (χ4v) is 1.34. The zero-order valence-corrected chi connectivity index (χ0v) is 8.18. The molecule has 0 spiro atoms. The first-order valence-corrected chi connectivity index (χ1v) is 4.72. The van der Waals surface area contributed by atoms with Gasteiger partial charge in [0.15, 0.2) is 0 Å². The van der Waals surface area contributed by atoms with E-state index in [0.717, 1.165) is 5.65 Å². The number of carbonyl (C=O) groups excluding carboxylic acids is 1. The SMILES string of the molecule is NCCNC(=O)c1ccc2nccn2c1. The third-order valence-electron chi connectivity index (χ3n) is 2.08. The molecule has 0 radical (unpaired) electrons. The zero-order valence-electron chi connectivity index (χ0n) is 8.18. The number of pyridine rings is 1. The predicted octanol–water partition coefficient (Wildman–Crippen LogP) is 0.0228. The Labute approximate surface area is 86.9 Å². The van der Waals surface area contributed by atoms with Crippen LogP contribution in [0.4, 0.5) is 0 Å². The van der Waals surface area contributed by atoms with E-state index in [1.807, 2.05) is 0 Å². The summed E-state index contributed by atoms with van der Waals surface area (Å²) in [5.41, 5.74) is 6.73. The first-order valence-electron chi connectivity index (χ1n) is 4.72. The van der Waals surface area contributed by atoms with Crippen LogP contribution in [-0.2, 0) is 0 Å². The van der Waals surface area contributed by atoms with E-state index in [0.29, 0.717) is 18.7 Å². The summed E-state index contributed by atoms with van der Waals surface area (Å²) in [5.74, 6) is -0.115. The lowest BCUT2D eigenvalue weighted by Gasteiger charge is -2.03. The number of aromatic nitrogens is 2. The molecule has 2 rings (SSSR count). The van der Waals surface area contributed by atoms with Gasteiger partial charge in [0.25, 0.3) is 5.91 Å². The van der Waals surface area contributed by atoms with Crippen LogP contribution in [0.5, 0.6) is 0 Å². The Balaban J connectivity index is 2.23. The number of hydrogen-bond acceptors (Lipinski definition) is 3. The molecule has 0 atom stereocenters. The average molecular weight is 204 g/mol. The van der Waals surface area contributed by atoms with Crippen molar-refractivity contribution < 1.29 is 4.79 Å². The van der Waals surface area contributed by atoms with Crippen molar-refractivity contribution in [1.29, 1.82) is 0 Å². The van der Waals surface area contributed by atoms with Crippen LogP contribution in [0, 0.1) is 0 Å². The van der Waals surface area contributed by atoms with Gasteiger partial charge in [-0.1, -0.05) is 0 Å². The monoisotopic (exact) mass is 204 g/mol. The number of fused-ring (bicyclic) bond motifs is 1. The van der Waals surface area contributed by atoms with E-state index in [2.05, 4.69) is 10.3 Å². The zero-order chi connectivity index (χ0) is 10.7. The van der Waals surface area contributed by atoms with Gasteiger partial charge in [0.2, 0.25) is 0 Å². The van der Waals surface area contributed by atoms with Gasteiger partial charge in [0, 0.05) is 31.7 Å². The van der Waals surface area contributed by atoms with Crippen molar-refractivity contribution >= 4 is 11.6 Å². The van der Waals surface area contributed by atoms with Gasteiger partial charge in [-0.15, -0.1) is 0 Å². The van der Waals surface area contributed by atoms with Gasteiger partial charge in [-0.2, -0.15) is 0 Å². The van der Waals surface area contributed by atoms with E-state index in [4.69, 9.17) is 5.73 Å². The highest BCUT2D eigenvalue weighted by molar-refractivity contribution is 5.94. The molecule has 0 aliphatic heterocycles. The van der Waals surface area contributed by atoms with Gasteiger partial charge in [-0.25, -0.2) is 4.98 Å². The number of rotatable bonds is 3. The molecule has 2 heterocycles. The topological polar surface area (TPSA) is 72.4 Å². The van der Waals surface area contributed by atoms with Crippen LogP contribution in [0.3, 0.4) is 0 Å². The van der Waals surface area contributed by atoms with Crippen LogP contribution in [0.15, 0.2) is 30.7 Å². The van der Waals surface area contributed by atoms with E-state index < -0.39 is 0 Å². The van der Waals surface area contributed by atoms with Crippen LogP contribution >= 0.6 is 0 Å².